The average Bonchev–Trinajstić information content (AvgIpc) is 3.31. The summed E-state index contributed by atoms with van der Waals surface area (Å²) in [7, 11) is 1.61. The Kier molecular flexibility index (Phi) is 5.30. The Morgan fingerprint density at radius 2 is 1.87 bits per heavy atom. The maximum Gasteiger partial charge on any atom is 0.288 e. The zero-order valence-electron chi connectivity index (χ0n) is 17.4. The molecule has 30 heavy (non-hydrogen) atoms. The molecule has 0 unspecified atom stereocenters. The van der Waals surface area contributed by atoms with Crippen LogP contribution in [0, 0.1) is 0 Å². The van der Waals surface area contributed by atoms with Crippen molar-refractivity contribution in [1.29, 1.82) is 0 Å². The smallest absolute Gasteiger partial charge is 0.288 e. The van der Waals surface area contributed by atoms with Crippen LogP contribution in [0.4, 0.5) is 0 Å². The van der Waals surface area contributed by atoms with Crippen molar-refractivity contribution in [3.05, 3.63) is 65.7 Å². The van der Waals surface area contributed by atoms with Gasteiger partial charge in [0.15, 0.2) is 0 Å². The summed E-state index contributed by atoms with van der Waals surface area (Å²) in [5.74, 6) is 0.142. The van der Waals surface area contributed by atoms with Gasteiger partial charge in [-0.2, -0.15) is 0 Å². The third-order valence-electron chi connectivity index (χ3n) is 5.51. The lowest BCUT2D eigenvalue weighted by molar-refractivity contribution is -0.169. The standard InChI is InChI=1S/C23H25N3O4/c1-23(2)14-21(27)26(25(23)15-16-7-5-4-6-8-16)22(28)20-13-19(24-30-20)17-9-11-18(29-3)12-10-17/h4-12,20H,13-15H2,1-3H3/t20-/m0/s1. The lowest BCUT2D eigenvalue weighted by Crippen LogP contribution is -2.52. The van der Waals surface area contributed by atoms with Crippen LogP contribution in [0.5, 0.6) is 5.75 Å². The highest BCUT2D eigenvalue weighted by Gasteiger charge is 2.49. The number of benzene rings is 2. The van der Waals surface area contributed by atoms with Crippen molar-refractivity contribution in [2.24, 2.45) is 5.16 Å². The molecule has 2 aromatic rings. The fraction of sp³-hybridized carbons (Fsp3) is 0.348. The molecule has 0 saturated carbocycles. The number of methoxy groups -OCH3 is 1. The number of hydrogen-bond acceptors (Lipinski definition) is 6. The lowest BCUT2D eigenvalue weighted by atomic mass is 10.0. The molecule has 2 aliphatic rings. The molecule has 0 aromatic heterocycles. The Bertz CT molecular complexity index is 970. The number of nitrogens with zero attached hydrogens (tertiary/aromatic N) is 3. The number of carbonyl (C=O) groups is 2. The largest absolute Gasteiger partial charge is 0.497 e. The van der Waals surface area contributed by atoms with Crippen molar-refractivity contribution in [2.75, 3.05) is 7.11 Å². The molecule has 1 saturated heterocycles. The molecule has 156 valence electrons. The van der Waals surface area contributed by atoms with Gasteiger partial charge < -0.3 is 9.57 Å². The van der Waals surface area contributed by atoms with Gasteiger partial charge in [0, 0.05) is 24.9 Å². The lowest BCUT2D eigenvalue weighted by Gasteiger charge is -2.35. The summed E-state index contributed by atoms with van der Waals surface area (Å²) in [5, 5.41) is 7.19. The van der Waals surface area contributed by atoms with Crippen LogP contribution < -0.4 is 4.74 Å². The highest BCUT2D eigenvalue weighted by molar-refractivity contribution is 6.06. The maximum absolute atomic E-state index is 13.3. The van der Waals surface area contributed by atoms with Gasteiger partial charge in [-0.05, 0) is 49.2 Å². The third kappa shape index (κ3) is 3.80. The van der Waals surface area contributed by atoms with Gasteiger partial charge in [0.05, 0.1) is 12.8 Å². The van der Waals surface area contributed by atoms with Crippen LogP contribution in [-0.4, -0.2) is 46.3 Å². The summed E-state index contributed by atoms with van der Waals surface area (Å²) in [6.07, 6.45) is -0.239. The van der Waals surface area contributed by atoms with Crippen molar-refractivity contribution < 1.29 is 19.2 Å². The number of rotatable bonds is 5. The van der Waals surface area contributed by atoms with Gasteiger partial charge in [-0.3, -0.25) is 9.59 Å². The van der Waals surface area contributed by atoms with Crippen molar-refractivity contribution >= 4 is 17.5 Å². The number of oxime groups is 1. The molecule has 7 heteroatoms. The molecule has 4 rings (SSSR count). The number of ether oxygens (including phenoxy) is 1. The predicted molar refractivity (Wildman–Crippen MR) is 112 cm³/mol. The van der Waals surface area contributed by atoms with E-state index in [0.717, 1.165) is 16.9 Å². The Balaban J connectivity index is 1.50. The molecule has 2 aliphatic heterocycles. The van der Waals surface area contributed by atoms with E-state index < -0.39 is 11.6 Å². The van der Waals surface area contributed by atoms with E-state index in [9.17, 15) is 9.59 Å². The molecular weight excluding hydrogens is 382 g/mol. The first-order chi connectivity index (χ1) is 14.4. The van der Waals surface area contributed by atoms with Crippen LogP contribution in [0.3, 0.4) is 0 Å². The second kappa shape index (κ2) is 7.91. The molecule has 1 fully saturated rings. The van der Waals surface area contributed by atoms with E-state index in [1.54, 1.807) is 7.11 Å². The zero-order valence-corrected chi connectivity index (χ0v) is 17.4. The van der Waals surface area contributed by atoms with Gasteiger partial charge in [-0.15, -0.1) is 0 Å². The van der Waals surface area contributed by atoms with Crippen LogP contribution in [0.15, 0.2) is 59.8 Å². The van der Waals surface area contributed by atoms with Gasteiger partial charge in [0.2, 0.25) is 12.0 Å². The molecule has 2 aromatic carbocycles. The number of amides is 2. The minimum atomic E-state index is -0.821. The zero-order chi connectivity index (χ0) is 21.3. The topological polar surface area (TPSA) is 71.4 Å². The SMILES string of the molecule is COc1ccc(C2=NO[C@H](C(=O)N3C(=O)CC(C)(C)N3Cc3ccccc3)C2)cc1. The number of carbonyl (C=O) groups excluding carboxylic acids is 2. The molecule has 7 nitrogen and oxygen atoms in total. The highest BCUT2D eigenvalue weighted by Crippen LogP contribution is 2.33. The molecule has 2 amide bonds. The Hall–Kier alpha value is -3.19. The van der Waals surface area contributed by atoms with Crippen LogP contribution >= 0.6 is 0 Å². The van der Waals surface area contributed by atoms with E-state index in [4.69, 9.17) is 9.57 Å². The number of hydrazine groups is 1. The minimum Gasteiger partial charge on any atom is -0.497 e. The van der Waals surface area contributed by atoms with E-state index >= 15 is 0 Å². The summed E-state index contributed by atoms with van der Waals surface area (Å²) >= 11 is 0. The molecule has 0 N–H and O–H groups in total. The number of imide groups is 1. The predicted octanol–water partition coefficient (Wildman–Crippen LogP) is 3.14. The summed E-state index contributed by atoms with van der Waals surface area (Å²) < 4.78 is 5.18. The van der Waals surface area contributed by atoms with Gasteiger partial charge in [0.25, 0.3) is 5.91 Å². The van der Waals surface area contributed by atoms with E-state index in [2.05, 4.69) is 5.16 Å². The van der Waals surface area contributed by atoms with Gasteiger partial charge in [-0.1, -0.05) is 35.5 Å². The average molecular weight is 407 g/mol. The van der Waals surface area contributed by atoms with Crippen LogP contribution in [0.1, 0.15) is 37.8 Å². The van der Waals surface area contributed by atoms with E-state index in [1.807, 2.05) is 73.5 Å². The van der Waals surface area contributed by atoms with Crippen molar-refractivity contribution in [2.45, 2.75) is 44.9 Å². The monoisotopic (exact) mass is 407 g/mol. The Morgan fingerprint density at radius 3 is 2.53 bits per heavy atom. The first-order valence-electron chi connectivity index (χ1n) is 9.94. The molecule has 0 bridgehead atoms. The summed E-state index contributed by atoms with van der Waals surface area (Å²) in [6.45, 7) is 4.40. The Labute approximate surface area is 175 Å². The van der Waals surface area contributed by atoms with Gasteiger partial charge in [-0.25, -0.2) is 10.0 Å². The highest BCUT2D eigenvalue weighted by atomic mass is 16.6. The summed E-state index contributed by atoms with van der Waals surface area (Å²) in [6, 6.07) is 17.2. The normalized spacial score (nSPS) is 20.8. The fourth-order valence-electron chi connectivity index (χ4n) is 3.82. The van der Waals surface area contributed by atoms with Crippen molar-refractivity contribution in [3.8, 4) is 5.75 Å². The first-order valence-corrected chi connectivity index (χ1v) is 9.94. The van der Waals surface area contributed by atoms with Crippen molar-refractivity contribution in [3.63, 3.8) is 0 Å². The van der Waals surface area contributed by atoms with Gasteiger partial charge >= 0.3 is 0 Å². The van der Waals surface area contributed by atoms with Gasteiger partial charge in [0.1, 0.15) is 5.75 Å². The van der Waals surface area contributed by atoms with Crippen LogP contribution in [-0.2, 0) is 21.0 Å². The Morgan fingerprint density at radius 1 is 1.17 bits per heavy atom. The second-order valence-electron chi connectivity index (χ2n) is 8.14. The number of hydrogen-bond donors (Lipinski definition) is 0. The first kappa shape index (κ1) is 20.1. The second-order valence-corrected chi connectivity index (χ2v) is 8.14. The fourth-order valence-corrected chi connectivity index (χ4v) is 3.82. The van der Waals surface area contributed by atoms with Crippen molar-refractivity contribution in [1.82, 2.24) is 10.0 Å². The van der Waals surface area contributed by atoms with E-state index in [1.165, 1.54) is 5.01 Å². The quantitative estimate of drug-likeness (QED) is 0.712. The van der Waals surface area contributed by atoms with E-state index in [0.29, 0.717) is 18.7 Å². The van der Waals surface area contributed by atoms with Crippen LogP contribution in [0.25, 0.3) is 0 Å². The third-order valence-corrected chi connectivity index (χ3v) is 5.51. The van der Waals surface area contributed by atoms with E-state index in [-0.39, 0.29) is 18.2 Å². The molecule has 0 spiro atoms. The maximum atomic E-state index is 13.3. The summed E-state index contributed by atoms with van der Waals surface area (Å²) in [5.41, 5.74) is 2.10. The molecule has 1 atom stereocenters. The molecule has 2 heterocycles. The molecule has 0 aliphatic carbocycles. The summed E-state index contributed by atoms with van der Waals surface area (Å²) in [4.78, 5) is 31.5. The van der Waals surface area contributed by atoms with Crippen LogP contribution in [0.2, 0.25) is 0 Å². The molecule has 0 radical (unpaired) electrons. The minimum absolute atomic E-state index is 0.220. The molecular formula is C23H25N3O4.